The Kier molecular flexibility index (Phi) is 4.96. The van der Waals surface area contributed by atoms with Gasteiger partial charge in [-0.3, -0.25) is 9.48 Å². The number of ether oxygens (including phenoxy) is 2. The molecule has 1 aliphatic rings. The molecule has 1 fully saturated rings. The largest absolute Gasteiger partial charge is 0.463 e. The van der Waals surface area contributed by atoms with Crippen molar-refractivity contribution in [1.29, 1.82) is 0 Å². The van der Waals surface area contributed by atoms with E-state index in [4.69, 9.17) is 9.47 Å². The standard InChI is InChI=1S/C14H22N2O3/c1-11-12(9-16(2)15-11)6-7-14(17)19-10-13-5-3-4-8-18-13/h9,13H,3-8,10H2,1-2H3. The second-order valence-electron chi connectivity index (χ2n) is 5.09. The minimum Gasteiger partial charge on any atom is -0.463 e. The van der Waals surface area contributed by atoms with Crippen molar-refractivity contribution in [1.82, 2.24) is 9.78 Å². The third-order valence-electron chi connectivity index (χ3n) is 3.42. The molecule has 1 aromatic rings. The third-order valence-corrected chi connectivity index (χ3v) is 3.42. The molecule has 0 saturated carbocycles. The van der Waals surface area contributed by atoms with Gasteiger partial charge in [0.15, 0.2) is 0 Å². The molecule has 0 aliphatic carbocycles. The maximum absolute atomic E-state index is 11.7. The number of aromatic nitrogens is 2. The number of esters is 1. The van der Waals surface area contributed by atoms with Crippen LogP contribution in [0.3, 0.4) is 0 Å². The molecule has 1 saturated heterocycles. The van der Waals surface area contributed by atoms with Crippen LogP contribution in [0.15, 0.2) is 6.20 Å². The zero-order valence-corrected chi connectivity index (χ0v) is 11.7. The summed E-state index contributed by atoms with van der Waals surface area (Å²) in [6.07, 6.45) is 6.41. The predicted molar refractivity (Wildman–Crippen MR) is 70.8 cm³/mol. The third kappa shape index (κ3) is 4.35. The molecule has 0 spiro atoms. The summed E-state index contributed by atoms with van der Waals surface area (Å²) in [4.78, 5) is 11.7. The van der Waals surface area contributed by atoms with Gasteiger partial charge in [0.1, 0.15) is 6.61 Å². The van der Waals surface area contributed by atoms with Crippen LogP contribution in [0, 0.1) is 6.92 Å². The number of hydrogen-bond acceptors (Lipinski definition) is 4. The van der Waals surface area contributed by atoms with Gasteiger partial charge in [0.05, 0.1) is 11.8 Å². The molecule has 1 aromatic heterocycles. The summed E-state index contributed by atoms with van der Waals surface area (Å²) in [6.45, 7) is 3.14. The average Bonchev–Trinajstić information content (AvgIpc) is 2.73. The van der Waals surface area contributed by atoms with Crippen LogP contribution in [-0.2, 0) is 27.7 Å². The van der Waals surface area contributed by atoms with Crippen LogP contribution in [0.4, 0.5) is 0 Å². The Morgan fingerprint density at radius 3 is 3.05 bits per heavy atom. The average molecular weight is 266 g/mol. The molecule has 0 bridgehead atoms. The van der Waals surface area contributed by atoms with Crippen molar-refractivity contribution in [3.63, 3.8) is 0 Å². The SMILES string of the molecule is Cc1nn(C)cc1CCC(=O)OCC1CCCCO1. The molecule has 2 heterocycles. The molecule has 1 atom stereocenters. The van der Waals surface area contributed by atoms with Gasteiger partial charge in [-0.2, -0.15) is 5.10 Å². The fourth-order valence-corrected chi connectivity index (χ4v) is 2.33. The number of carbonyl (C=O) groups is 1. The second kappa shape index (κ2) is 6.70. The second-order valence-corrected chi connectivity index (χ2v) is 5.09. The molecule has 106 valence electrons. The van der Waals surface area contributed by atoms with E-state index in [0.29, 0.717) is 19.4 Å². The minimum absolute atomic E-state index is 0.0952. The highest BCUT2D eigenvalue weighted by molar-refractivity contribution is 5.69. The number of rotatable bonds is 5. The number of carbonyl (C=O) groups excluding carboxylic acids is 1. The molecule has 1 unspecified atom stereocenters. The first-order valence-electron chi connectivity index (χ1n) is 6.91. The predicted octanol–water partition coefficient (Wildman–Crippen LogP) is 1.77. The molecular formula is C14H22N2O3. The molecule has 0 amide bonds. The highest BCUT2D eigenvalue weighted by atomic mass is 16.6. The van der Waals surface area contributed by atoms with Crippen molar-refractivity contribution < 1.29 is 14.3 Å². The summed E-state index contributed by atoms with van der Waals surface area (Å²) in [7, 11) is 1.88. The fraction of sp³-hybridized carbons (Fsp3) is 0.714. The molecule has 1 aliphatic heterocycles. The maximum Gasteiger partial charge on any atom is 0.306 e. The van der Waals surface area contributed by atoms with Gasteiger partial charge in [-0.05, 0) is 38.2 Å². The van der Waals surface area contributed by atoms with Crippen molar-refractivity contribution in [2.45, 2.75) is 45.1 Å². The van der Waals surface area contributed by atoms with Crippen LogP contribution in [0.2, 0.25) is 0 Å². The van der Waals surface area contributed by atoms with Gasteiger partial charge in [0, 0.05) is 26.3 Å². The zero-order valence-electron chi connectivity index (χ0n) is 11.7. The van der Waals surface area contributed by atoms with E-state index in [2.05, 4.69) is 5.10 Å². The number of aryl methyl sites for hydroxylation is 3. The van der Waals surface area contributed by atoms with Crippen molar-refractivity contribution >= 4 is 5.97 Å². The van der Waals surface area contributed by atoms with Gasteiger partial charge >= 0.3 is 5.97 Å². The summed E-state index contributed by atoms with van der Waals surface area (Å²) in [5.41, 5.74) is 2.08. The summed E-state index contributed by atoms with van der Waals surface area (Å²) >= 11 is 0. The van der Waals surface area contributed by atoms with E-state index in [-0.39, 0.29) is 12.1 Å². The van der Waals surface area contributed by atoms with Crippen molar-refractivity contribution in [2.24, 2.45) is 7.05 Å². The first-order chi connectivity index (χ1) is 9.15. The molecular weight excluding hydrogens is 244 g/mol. The van der Waals surface area contributed by atoms with Gasteiger partial charge in [-0.15, -0.1) is 0 Å². The lowest BCUT2D eigenvalue weighted by molar-refractivity contribution is -0.149. The van der Waals surface area contributed by atoms with E-state index in [9.17, 15) is 4.79 Å². The minimum atomic E-state index is -0.155. The Morgan fingerprint density at radius 1 is 1.58 bits per heavy atom. The van der Waals surface area contributed by atoms with Crippen molar-refractivity contribution in [2.75, 3.05) is 13.2 Å². The quantitative estimate of drug-likeness (QED) is 0.762. The van der Waals surface area contributed by atoms with E-state index in [1.54, 1.807) is 4.68 Å². The monoisotopic (exact) mass is 266 g/mol. The van der Waals surface area contributed by atoms with E-state index < -0.39 is 0 Å². The Bertz CT molecular complexity index is 422. The van der Waals surface area contributed by atoms with Crippen LogP contribution < -0.4 is 0 Å². The van der Waals surface area contributed by atoms with Crippen LogP contribution in [0.1, 0.15) is 36.9 Å². The van der Waals surface area contributed by atoms with Crippen molar-refractivity contribution in [3.8, 4) is 0 Å². The zero-order chi connectivity index (χ0) is 13.7. The van der Waals surface area contributed by atoms with Crippen LogP contribution in [-0.4, -0.2) is 35.1 Å². The lowest BCUT2D eigenvalue weighted by atomic mass is 10.1. The Labute approximate surface area is 113 Å². The molecule has 2 rings (SSSR count). The molecule has 0 radical (unpaired) electrons. The smallest absolute Gasteiger partial charge is 0.306 e. The van der Waals surface area contributed by atoms with Crippen LogP contribution in [0.25, 0.3) is 0 Å². The number of hydrogen-bond donors (Lipinski definition) is 0. The topological polar surface area (TPSA) is 53.4 Å². The molecule has 5 heteroatoms. The summed E-state index contributed by atoms with van der Waals surface area (Å²) in [5.74, 6) is -0.155. The van der Waals surface area contributed by atoms with E-state index in [1.807, 2.05) is 20.2 Å². The summed E-state index contributed by atoms with van der Waals surface area (Å²) in [6, 6.07) is 0. The van der Waals surface area contributed by atoms with E-state index >= 15 is 0 Å². The van der Waals surface area contributed by atoms with E-state index in [0.717, 1.165) is 37.1 Å². The fourth-order valence-electron chi connectivity index (χ4n) is 2.33. The normalized spacial score (nSPS) is 19.4. The molecule has 19 heavy (non-hydrogen) atoms. The highest BCUT2D eigenvalue weighted by Gasteiger charge is 2.16. The van der Waals surface area contributed by atoms with Crippen LogP contribution >= 0.6 is 0 Å². The van der Waals surface area contributed by atoms with Gasteiger partial charge in [0.2, 0.25) is 0 Å². The molecule has 5 nitrogen and oxygen atoms in total. The molecule has 0 N–H and O–H groups in total. The first kappa shape index (κ1) is 14.1. The van der Waals surface area contributed by atoms with Gasteiger partial charge in [-0.1, -0.05) is 0 Å². The maximum atomic E-state index is 11.7. The Morgan fingerprint density at radius 2 is 2.42 bits per heavy atom. The van der Waals surface area contributed by atoms with Gasteiger partial charge in [-0.25, -0.2) is 0 Å². The summed E-state index contributed by atoms with van der Waals surface area (Å²) in [5, 5.41) is 4.25. The molecule has 0 aromatic carbocycles. The van der Waals surface area contributed by atoms with Crippen molar-refractivity contribution in [3.05, 3.63) is 17.5 Å². The lowest BCUT2D eigenvalue weighted by Crippen LogP contribution is -2.26. The van der Waals surface area contributed by atoms with Gasteiger partial charge < -0.3 is 9.47 Å². The summed E-state index contributed by atoms with van der Waals surface area (Å²) < 4.78 is 12.6. The highest BCUT2D eigenvalue weighted by Crippen LogP contribution is 2.13. The Balaban J connectivity index is 1.68. The van der Waals surface area contributed by atoms with E-state index in [1.165, 1.54) is 0 Å². The first-order valence-corrected chi connectivity index (χ1v) is 6.91. The Hall–Kier alpha value is -1.36. The lowest BCUT2D eigenvalue weighted by Gasteiger charge is -2.22. The van der Waals surface area contributed by atoms with Crippen LogP contribution in [0.5, 0.6) is 0 Å². The number of nitrogens with zero attached hydrogens (tertiary/aromatic N) is 2. The van der Waals surface area contributed by atoms with Gasteiger partial charge in [0.25, 0.3) is 0 Å².